The van der Waals surface area contributed by atoms with E-state index >= 15 is 0 Å². The van der Waals surface area contributed by atoms with E-state index in [1.54, 1.807) is 23.1 Å². The Labute approximate surface area is 119 Å². The van der Waals surface area contributed by atoms with Gasteiger partial charge in [0.2, 0.25) is 0 Å². The van der Waals surface area contributed by atoms with Crippen molar-refractivity contribution in [1.29, 1.82) is 0 Å². The molecule has 5 heteroatoms. The molecule has 20 heavy (non-hydrogen) atoms. The third kappa shape index (κ3) is 4.35. The van der Waals surface area contributed by atoms with E-state index in [4.69, 9.17) is 5.11 Å². The first-order valence-electron chi connectivity index (χ1n) is 6.73. The van der Waals surface area contributed by atoms with Crippen molar-refractivity contribution >= 4 is 11.9 Å². The molecule has 0 aliphatic heterocycles. The van der Waals surface area contributed by atoms with E-state index in [1.165, 1.54) is 6.07 Å². The highest BCUT2D eigenvalue weighted by Crippen LogP contribution is 2.12. The highest BCUT2D eigenvalue weighted by Gasteiger charge is 2.20. The molecule has 0 aliphatic carbocycles. The van der Waals surface area contributed by atoms with Gasteiger partial charge in [0.05, 0.1) is 11.1 Å². The Morgan fingerprint density at radius 2 is 1.70 bits per heavy atom. The zero-order chi connectivity index (χ0) is 15.1. The average Bonchev–Trinajstić information content (AvgIpc) is 2.42. The summed E-state index contributed by atoms with van der Waals surface area (Å²) in [6.45, 7) is 3.99. The van der Waals surface area contributed by atoms with E-state index in [-0.39, 0.29) is 17.0 Å². The molecule has 1 aromatic rings. The van der Waals surface area contributed by atoms with Crippen LogP contribution in [0.1, 0.15) is 34.1 Å². The van der Waals surface area contributed by atoms with Crippen molar-refractivity contribution in [2.24, 2.45) is 0 Å². The molecule has 5 nitrogen and oxygen atoms in total. The number of aromatic carboxylic acids is 1. The maximum absolute atomic E-state index is 12.4. The second kappa shape index (κ2) is 7.65. The van der Waals surface area contributed by atoms with Crippen molar-refractivity contribution < 1.29 is 14.7 Å². The van der Waals surface area contributed by atoms with Gasteiger partial charge < -0.3 is 14.9 Å². The van der Waals surface area contributed by atoms with E-state index in [9.17, 15) is 9.59 Å². The van der Waals surface area contributed by atoms with Crippen molar-refractivity contribution in [3.63, 3.8) is 0 Å². The predicted octanol–water partition coefficient (Wildman–Crippen LogP) is 1.80. The minimum absolute atomic E-state index is 0.0589. The van der Waals surface area contributed by atoms with Crippen molar-refractivity contribution in [3.8, 4) is 0 Å². The maximum atomic E-state index is 12.4. The molecule has 0 atom stereocenters. The Kier molecular flexibility index (Phi) is 6.18. The number of nitrogens with zero attached hydrogens (tertiary/aromatic N) is 2. The van der Waals surface area contributed by atoms with E-state index in [2.05, 4.69) is 4.90 Å². The lowest BCUT2D eigenvalue weighted by molar-refractivity contribution is 0.0675. The first kappa shape index (κ1) is 16.2. The Balaban J connectivity index is 2.83. The number of hydrogen-bond acceptors (Lipinski definition) is 3. The van der Waals surface area contributed by atoms with Crippen molar-refractivity contribution in [1.82, 2.24) is 9.80 Å². The van der Waals surface area contributed by atoms with Crippen LogP contribution in [0.25, 0.3) is 0 Å². The molecule has 0 saturated carbocycles. The Morgan fingerprint density at radius 1 is 1.10 bits per heavy atom. The predicted molar refractivity (Wildman–Crippen MR) is 78.1 cm³/mol. The molecule has 0 aromatic heterocycles. The fraction of sp³-hybridized carbons (Fsp3) is 0.467. The van der Waals surface area contributed by atoms with Crippen LogP contribution in [-0.2, 0) is 0 Å². The summed E-state index contributed by atoms with van der Waals surface area (Å²) < 4.78 is 0. The molecular formula is C15H22N2O3. The van der Waals surface area contributed by atoms with Gasteiger partial charge in [0.1, 0.15) is 0 Å². The van der Waals surface area contributed by atoms with Gasteiger partial charge >= 0.3 is 5.97 Å². The SMILES string of the molecule is CCN(CCCN(C)C)C(=O)c1ccccc1C(=O)O. The van der Waals surface area contributed by atoms with Gasteiger partial charge in [0.25, 0.3) is 5.91 Å². The summed E-state index contributed by atoms with van der Waals surface area (Å²) in [6, 6.07) is 6.35. The molecule has 0 unspecified atom stereocenters. The van der Waals surface area contributed by atoms with Crippen LogP contribution in [0.15, 0.2) is 24.3 Å². The van der Waals surface area contributed by atoms with Crippen molar-refractivity contribution in [2.75, 3.05) is 33.7 Å². The molecule has 0 fully saturated rings. The zero-order valence-corrected chi connectivity index (χ0v) is 12.3. The second-order valence-corrected chi connectivity index (χ2v) is 4.89. The minimum Gasteiger partial charge on any atom is -0.478 e. The molecule has 0 heterocycles. The molecule has 0 radical (unpaired) electrons. The Bertz CT molecular complexity index is 472. The monoisotopic (exact) mass is 278 g/mol. The number of carboxylic acid groups (broad SMARTS) is 1. The summed E-state index contributed by atoms with van der Waals surface area (Å²) in [4.78, 5) is 27.3. The van der Waals surface area contributed by atoms with Gasteiger partial charge in [-0.25, -0.2) is 4.79 Å². The van der Waals surface area contributed by atoms with Crippen LogP contribution < -0.4 is 0 Å². The van der Waals surface area contributed by atoms with Crippen LogP contribution in [0.5, 0.6) is 0 Å². The Hall–Kier alpha value is -1.88. The zero-order valence-electron chi connectivity index (χ0n) is 12.3. The molecule has 1 aromatic carbocycles. The van der Waals surface area contributed by atoms with Crippen LogP contribution in [0.3, 0.4) is 0 Å². The number of hydrogen-bond donors (Lipinski definition) is 1. The normalized spacial score (nSPS) is 10.6. The lowest BCUT2D eigenvalue weighted by Gasteiger charge is -2.22. The lowest BCUT2D eigenvalue weighted by atomic mass is 10.1. The lowest BCUT2D eigenvalue weighted by Crippen LogP contribution is -2.34. The first-order valence-corrected chi connectivity index (χ1v) is 6.73. The topological polar surface area (TPSA) is 60.9 Å². The van der Waals surface area contributed by atoms with Crippen LogP contribution in [0, 0.1) is 0 Å². The summed E-state index contributed by atoms with van der Waals surface area (Å²) in [5, 5.41) is 9.14. The number of benzene rings is 1. The van der Waals surface area contributed by atoms with Crippen molar-refractivity contribution in [3.05, 3.63) is 35.4 Å². The summed E-state index contributed by atoms with van der Waals surface area (Å²) in [6.07, 6.45) is 0.863. The second-order valence-electron chi connectivity index (χ2n) is 4.89. The molecule has 1 amide bonds. The van der Waals surface area contributed by atoms with Crippen LogP contribution >= 0.6 is 0 Å². The largest absolute Gasteiger partial charge is 0.478 e. The minimum atomic E-state index is -1.07. The summed E-state index contributed by atoms with van der Waals surface area (Å²) in [7, 11) is 3.97. The van der Waals surface area contributed by atoms with Gasteiger partial charge in [0, 0.05) is 13.1 Å². The van der Waals surface area contributed by atoms with E-state index < -0.39 is 5.97 Å². The molecule has 0 spiro atoms. The number of carbonyl (C=O) groups excluding carboxylic acids is 1. The molecular weight excluding hydrogens is 256 g/mol. The molecule has 0 saturated heterocycles. The molecule has 1 rings (SSSR count). The Morgan fingerprint density at radius 3 is 2.20 bits per heavy atom. The van der Waals surface area contributed by atoms with Crippen molar-refractivity contribution in [2.45, 2.75) is 13.3 Å². The van der Waals surface area contributed by atoms with Crippen LogP contribution in [0.4, 0.5) is 0 Å². The van der Waals surface area contributed by atoms with Gasteiger partial charge in [-0.05, 0) is 46.1 Å². The number of carbonyl (C=O) groups is 2. The van der Waals surface area contributed by atoms with Crippen LogP contribution in [-0.4, -0.2) is 60.5 Å². The standard InChI is InChI=1S/C15H22N2O3/c1-4-17(11-7-10-16(2)3)14(18)12-8-5-6-9-13(12)15(19)20/h5-6,8-9H,4,7,10-11H2,1-3H3,(H,19,20). The molecule has 110 valence electrons. The van der Waals surface area contributed by atoms with Gasteiger partial charge in [-0.1, -0.05) is 12.1 Å². The van der Waals surface area contributed by atoms with Gasteiger partial charge in [-0.15, -0.1) is 0 Å². The number of rotatable bonds is 7. The number of carboxylic acids is 1. The third-order valence-corrected chi connectivity index (χ3v) is 3.09. The fourth-order valence-corrected chi connectivity index (χ4v) is 2.01. The number of amides is 1. The van der Waals surface area contributed by atoms with Gasteiger partial charge in [0.15, 0.2) is 0 Å². The maximum Gasteiger partial charge on any atom is 0.336 e. The van der Waals surface area contributed by atoms with Gasteiger partial charge in [-0.3, -0.25) is 4.79 Å². The third-order valence-electron chi connectivity index (χ3n) is 3.09. The average molecular weight is 278 g/mol. The summed E-state index contributed by atoms with van der Waals surface area (Å²) in [5.74, 6) is -1.29. The highest BCUT2D eigenvalue weighted by atomic mass is 16.4. The summed E-state index contributed by atoms with van der Waals surface area (Å²) >= 11 is 0. The van der Waals surface area contributed by atoms with Crippen LogP contribution in [0.2, 0.25) is 0 Å². The van der Waals surface area contributed by atoms with Gasteiger partial charge in [-0.2, -0.15) is 0 Å². The summed E-state index contributed by atoms with van der Waals surface area (Å²) in [5.41, 5.74) is 0.315. The molecule has 1 N–H and O–H groups in total. The first-order chi connectivity index (χ1) is 9.47. The quantitative estimate of drug-likeness (QED) is 0.826. The van der Waals surface area contributed by atoms with E-state index in [0.29, 0.717) is 13.1 Å². The molecule has 0 bridgehead atoms. The van der Waals surface area contributed by atoms with E-state index in [1.807, 2.05) is 21.0 Å². The highest BCUT2D eigenvalue weighted by molar-refractivity contribution is 6.04. The fourth-order valence-electron chi connectivity index (χ4n) is 2.01. The smallest absolute Gasteiger partial charge is 0.336 e. The molecule has 0 aliphatic rings. The van der Waals surface area contributed by atoms with E-state index in [0.717, 1.165) is 13.0 Å².